The lowest BCUT2D eigenvalue weighted by Gasteiger charge is -2.24. The fraction of sp³-hybridized carbons (Fsp3) is 0.227. The van der Waals surface area contributed by atoms with Crippen molar-refractivity contribution in [2.75, 3.05) is 0 Å². The number of hydrogen-bond donors (Lipinski definition) is 0. The molecule has 0 nitrogen and oxygen atoms in total. The second-order valence-electron chi connectivity index (χ2n) is 29.9. The minimum Gasteiger partial charge on any atom is -0.0587 e. The van der Waals surface area contributed by atoms with Gasteiger partial charge in [0.25, 0.3) is 0 Å². The highest BCUT2D eigenvalue weighted by Gasteiger charge is 2.42. The molecule has 88 heavy (non-hydrogen) atoms. The van der Waals surface area contributed by atoms with Gasteiger partial charge in [0.15, 0.2) is 0 Å². The van der Waals surface area contributed by atoms with Gasteiger partial charge in [-0.25, -0.2) is 0 Å². The summed E-state index contributed by atoms with van der Waals surface area (Å²) in [7, 11) is 0. The lowest BCUT2D eigenvalue weighted by atomic mass is 9.79. The molecule has 0 amide bonds. The number of benzene rings is 13. The molecule has 0 fully saturated rings. The fourth-order valence-corrected chi connectivity index (χ4v) is 17.8. The van der Waals surface area contributed by atoms with Gasteiger partial charge in [-0.05, 0) is 281 Å². The molecule has 0 heteroatoms. The quantitative estimate of drug-likeness (QED) is 0.122. The van der Waals surface area contributed by atoms with Crippen LogP contribution in [0.2, 0.25) is 0 Å². The SMILES string of the molecule is Cc1ccc2c(c1)C(C)(C)c1cc(C)cc(-c3cc4cc(-c5cc(C)cc6c5-c5ccc(C)cc5C6(C)C)cc5c6cc(-c7cc(C)cc8c7-c7ccc(C)cc7C8(C)C)cc7cc(-c8cc(C)cc9c8-c8ccc(C)cc8C9(C)C)cc(c(c3)c45)c76)c1-2. The van der Waals surface area contributed by atoms with Crippen LogP contribution in [-0.4, -0.2) is 0 Å². The minimum atomic E-state index is -0.150. The molecular weight excluding hydrogens is 1060 g/mol. The van der Waals surface area contributed by atoms with Crippen molar-refractivity contribution in [1.82, 2.24) is 0 Å². The maximum absolute atomic E-state index is 2.61. The molecule has 428 valence electrons. The molecule has 17 rings (SSSR count). The number of aryl methyl sites for hydroxylation is 8. The lowest BCUT2D eigenvalue weighted by Crippen LogP contribution is -2.15. The van der Waals surface area contributed by atoms with Gasteiger partial charge in [-0.15, -0.1) is 0 Å². The molecule has 0 N–H and O–H groups in total. The van der Waals surface area contributed by atoms with Crippen molar-refractivity contribution in [2.24, 2.45) is 0 Å². The lowest BCUT2D eigenvalue weighted by molar-refractivity contribution is 0.659. The molecule has 0 bridgehead atoms. The van der Waals surface area contributed by atoms with E-state index in [9.17, 15) is 0 Å². The van der Waals surface area contributed by atoms with Gasteiger partial charge in [-0.2, -0.15) is 0 Å². The average molecular weight is 1130 g/mol. The van der Waals surface area contributed by atoms with Crippen molar-refractivity contribution in [3.05, 3.63) is 259 Å². The zero-order valence-corrected chi connectivity index (χ0v) is 54.2. The number of rotatable bonds is 4. The van der Waals surface area contributed by atoms with E-state index in [0.717, 1.165) is 0 Å². The number of fused-ring (bicyclic) bond motifs is 14. The van der Waals surface area contributed by atoms with Crippen LogP contribution in [0.25, 0.3) is 132 Å². The predicted octanol–water partition coefficient (Wildman–Crippen LogP) is 24.1. The summed E-state index contributed by atoms with van der Waals surface area (Å²) < 4.78 is 0. The van der Waals surface area contributed by atoms with Crippen LogP contribution in [0, 0.1) is 55.4 Å². The Morgan fingerprint density at radius 1 is 0.193 bits per heavy atom. The average Bonchev–Trinajstić information content (AvgIpc) is 0.947. The highest BCUT2D eigenvalue weighted by atomic mass is 14.4. The molecule has 0 saturated heterocycles. The van der Waals surface area contributed by atoms with E-state index in [1.807, 2.05) is 0 Å². The summed E-state index contributed by atoms with van der Waals surface area (Å²) in [6, 6.07) is 69.3. The van der Waals surface area contributed by atoms with Crippen LogP contribution in [-0.2, 0) is 21.7 Å². The van der Waals surface area contributed by atoms with Crippen molar-refractivity contribution in [1.29, 1.82) is 0 Å². The van der Waals surface area contributed by atoms with Gasteiger partial charge in [0.1, 0.15) is 0 Å². The van der Waals surface area contributed by atoms with Crippen molar-refractivity contribution in [2.45, 2.75) is 132 Å². The van der Waals surface area contributed by atoms with Gasteiger partial charge >= 0.3 is 0 Å². The molecule has 4 aliphatic rings. The van der Waals surface area contributed by atoms with Crippen LogP contribution < -0.4 is 0 Å². The molecule has 13 aromatic rings. The second kappa shape index (κ2) is 17.5. The molecule has 0 heterocycles. The van der Waals surface area contributed by atoms with E-state index < -0.39 is 0 Å². The summed E-state index contributed by atoms with van der Waals surface area (Å²) in [4.78, 5) is 0. The third kappa shape index (κ3) is 7.09. The van der Waals surface area contributed by atoms with E-state index in [1.54, 1.807) is 0 Å². The summed E-state index contributed by atoms with van der Waals surface area (Å²) in [5.41, 5.74) is 42.3. The molecule has 13 aromatic carbocycles. The molecule has 0 atom stereocenters. The molecule has 0 saturated carbocycles. The fourth-order valence-electron chi connectivity index (χ4n) is 17.8. The summed E-state index contributed by atoms with van der Waals surface area (Å²) in [5.74, 6) is 0. The Bertz CT molecular complexity index is 4720. The minimum absolute atomic E-state index is 0.150. The Morgan fingerprint density at radius 2 is 0.398 bits per heavy atom. The Morgan fingerprint density at radius 3 is 0.614 bits per heavy atom. The van der Waals surface area contributed by atoms with Crippen LogP contribution in [0.1, 0.15) is 144 Å². The van der Waals surface area contributed by atoms with E-state index in [2.05, 4.69) is 281 Å². The van der Waals surface area contributed by atoms with Gasteiger partial charge in [0, 0.05) is 21.7 Å². The Labute approximate surface area is 520 Å². The predicted molar refractivity (Wildman–Crippen MR) is 378 cm³/mol. The van der Waals surface area contributed by atoms with Crippen LogP contribution in [0.15, 0.2) is 170 Å². The summed E-state index contributed by atoms with van der Waals surface area (Å²) in [5, 5.41) is 10.4. The van der Waals surface area contributed by atoms with Crippen molar-refractivity contribution in [3.63, 3.8) is 0 Å². The van der Waals surface area contributed by atoms with Gasteiger partial charge in [-0.3, -0.25) is 0 Å². The molecule has 0 aliphatic heterocycles. The van der Waals surface area contributed by atoms with Gasteiger partial charge in [0.2, 0.25) is 0 Å². The first-order chi connectivity index (χ1) is 41.9. The third-order valence-electron chi connectivity index (χ3n) is 22.2. The highest BCUT2D eigenvalue weighted by Crippen LogP contribution is 2.60. The standard InChI is InChI=1S/C88H76/c1-45-17-21-59-71(29-45)85(9,10)75-33-49(5)25-63(81(59)75)53-37-57-38-54(64-26-50(6)34-76-82(64)60-22-18-46(2)30-72(60)86(76,11)12)43-69-70-44-56(66-28-52(8)36-78-84(66)62-24-20-48(4)32-74(62)88(78,15)16)40-58-39-55(42-68(80(58)70)67(41-53)79(57)69)65-27-51(7)35-77-83(65)61-23-19-47(3)31-73(61)87(77,13)14/h17-44H,1-16H3. The first-order valence-corrected chi connectivity index (χ1v) is 32.2. The van der Waals surface area contributed by atoms with E-state index >= 15 is 0 Å². The summed E-state index contributed by atoms with van der Waals surface area (Å²) >= 11 is 0. The van der Waals surface area contributed by atoms with E-state index in [4.69, 9.17) is 0 Å². The van der Waals surface area contributed by atoms with E-state index in [1.165, 1.54) is 221 Å². The van der Waals surface area contributed by atoms with Gasteiger partial charge in [0.05, 0.1) is 0 Å². The topological polar surface area (TPSA) is 0 Å². The van der Waals surface area contributed by atoms with Crippen LogP contribution >= 0.6 is 0 Å². The maximum atomic E-state index is 2.61. The Balaban J connectivity index is 1.05. The Kier molecular flexibility index (Phi) is 10.6. The molecular formula is C88H76. The summed E-state index contributed by atoms with van der Waals surface area (Å²) in [6.07, 6.45) is 0. The zero-order valence-electron chi connectivity index (χ0n) is 54.2. The second-order valence-corrected chi connectivity index (χ2v) is 29.9. The first-order valence-electron chi connectivity index (χ1n) is 32.2. The summed E-state index contributed by atoms with van der Waals surface area (Å²) in [6.45, 7) is 37.7. The molecule has 0 radical (unpaired) electrons. The van der Waals surface area contributed by atoms with Crippen molar-refractivity contribution < 1.29 is 0 Å². The number of hydrogen-bond acceptors (Lipinski definition) is 0. The zero-order chi connectivity index (χ0) is 60.9. The highest BCUT2D eigenvalue weighted by molar-refractivity contribution is 6.35. The van der Waals surface area contributed by atoms with Gasteiger partial charge < -0.3 is 0 Å². The largest absolute Gasteiger partial charge is 0.0587 e. The van der Waals surface area contributed by atoms with Crippen LogP contribution in [0.3, 0.4) is 0 Å². The normalized spacial score (nSPS) is 15.6. The molecule has 0 aromatic heterocycles. The monoisotopic (exact) mass is 1130 g/mol. The maximum Gasteiger partial charge on any atom is 0.0159 e. The third-order valence-corrected chi connectivity index (χ3v) is 22.2. The van der Waals surface area contributed by atoms with Crippen LogP contribution in [0.5, 0.6) is 0 Å². The molecule has 4 aliphatic carbocycles. The van der Waals surface area contributed by atoms with Gasteiger partial charge in [-0.1, -0.05) is 221 Å². The molecule has 0 unspecified atom stereocenters. The van der Waals surface area contributed by atoms with Crippen molar-refractivity contribution >= 4 is 43.1 Å². The Hall–Kier alpha value is -8.84. The van der Waals surface area contributed by atoms with E-state index in [-0.39, 0.29) is 21.7 Å². The van der Waals surface area contributed by atoms with E-state index in [0.29, 0.717) is 0 Å². The van der Waals surface area contributed by atoms with Crippen molar-refractivity contribution in [3.8, 4) is 89.0 Å². The first kappa shape index (κ1) is 53.4. The van der Waals surface area contributed by atoms with Crippen LogP contribution in [0.4, 0.5) is 0 Å². The molecule has 0 spiro atoms. The smallest absolute Gasteiger partial charge is 0.0159 e.